The SMILES string of the molecule is Cc1ccc(C)c(N2C(=O)/C(=C/c3ccc4c(c3)OCO4)SC2=S)c1. The molecule has 0 aliphatic carbocycles. The summed E-state index contributed by atoms with van der Waals surface area (Å²) < 4.78 is 11.3. The van der Waals surface area contributed by atoms with E-state index in [0.717, 1.165) is 28.1 Å². The summed E-state index contributed by atoms with van der Waals surface area (Å²) in [5, 5.41) is 0. The quantitative estimate of drug-likeness (QED) is 0.578. The third-order valence-electron chi connectivity index (χ3n) is 4.09. The molecule has 25 heavy (non-hydrogen) atoms. The highest BCUT2D eigenvalue weighted by Gasteiger charge is 2.34. The lowest BCUT2D eigenvalue weighted by molar-refractivity contribution is -0.113. The van der Waals surface area contributed by atoms with Crippen molar-refractivity contribution >= 4 is 46.0 Å². The van der Waals surface area contributed by atoms with Gasteiger partial charge in [-0.1, -0.05) is 42.2 Å². The molecule has 0 N–H and O–H groups in total. The van der Waals surface area contributed by atoms with E-state index in [1.807, 2.05) is 56.3 Å². The van der Waals surface area contributed by atoms with Crippen LogP contribution in [0.2, 0.25) is 0 Å². The van der Waals surface area contributed by atoms with Crippen molar-refractivity contribution in [2.24, 2.45) is 0 Å². The summed E-state index contributed by atoms with van der Waals surface area (Å²) in [6.45, 7) is 4.21. The summed E-state index contributed by atoms with van der Waals surface area (Å²) in [5.74, 6) is 1.32. The highest BCUT2D eigenvalue weighted by atomic mass is 32.2. The van der Waals surface area contributed by atoms with Gasteiger partial charge in [-0.3, -0.25) is 9.69 Å². The molecule has 0 atom stereocenters. The number of thioether (sulfide) groups is 1. The van der Waals surface area contributed by atoms with Crippen LogP contribution in [-0.2, 0) is 4.79 Å². The van der Waals surface area contributed by atoms with Gasteiger partial charge < -0.3 is 9.47 Å². The molecule has 0 spiro atoms. The fourth-order valence-electron chi connectivity index (χ4n) is 2.79. The van der Waals surface area contributed by atoms with E-state index in [1.165, 1.54) is 11.8 Å². The second-order valence-corrected chi connectivity index (χ2v) is 7.60. The minimum absolute atomic E-state index is 0.0960. The molecular weight excluding hydrogens is 354 g/mol. The summed E-state index contributed by atoms with van der Waals surface area (Å²) in [6, 6.07) is 11.6. The van der Waals surface area contributed by atoms with Crippen LogP contribution in [0.3, 0.4) is 0 Å². The summed E-state index contributed by atoms with van der Waals surface area (Å²) in [6.07, 6.45) is 1.84. The lowest BCUT2D eigenvalue weighted by Gasteiger charge is -2.17. The van der Waals surface area contributed by atoms with E-state index in [1.54, 1.807) is 4.90 Å². The lowest BCUT2D eigenvalue weighted by Crippen LogP contribution is -2.28. The van der Waals surface area contributed by atoms with Crippen LogP contribution in [0.15, 0.2) is 41.3 Å². The van der Waals surface area contributed by atoms with Gasteiger partial charge in [0.25, 0.3) is 5.91 Å². The molecule has 0 bridgehead atoms. The highest BCUT2D eigenvalue weighted by molar-refractivity contribution is 8.27. The second kappa shape index (κ2) is 6.20. The summed E-state index contributed by atoms with van der Waals surface area (Å²) in [4.78, 5) is 15.1. The first-order valence-electron chi connectivity index (χ1n) is 7.78. The molecule has 2 aromatic rings. The maximum atomic E-state index is 12.9. The largest absolute Gasteiger partial charge is 0.454 e. The fraction of sp³-hybridized carbons (Fsp3) is 0.158. The third-order valence-corrected chi connectivity index (χ3v) is 5.40. The van der Waals surface area contributed by atoms with E-state index in [0.29, 0.717) is 15.0 Å². The van der Waals surface area contributed by atoms with Gasteiger partial charge in [0.2, 0.25) is 6.79 Å². The number of amides is 1. The third kappa shape index (κ3) is 2.92. The Labute approximate surface area is 155 Å². The molecule has 0 aromatic heterocycles. The number of nitrogens with zero attached hydrogens (tertiary/aromatic N) is 1. The smallest absolute Gasteiger partial charge is 0.270 e. The number of hydrogen-bond acceptors (Lipinski definition) is 5. The minimum Gasteiger partial charge on any atom is -0.454 e. The van der Waals surface area contributed by atoms with Gasteiger partial charge in [0.1, 0.15) is 0 Å². The van der Waals surface area contributed by atoms with Crippen molar-refractivity contribution in [2.45, 2.75) is 13.8 Å². The number of rotatable bonds is 2. The normalized spacial score (nSPS) is 17.7. The molecule has 2 aliphatic rings. The molecule has 0 saturated carbocycles. The average Bonchev–Trinajstić information content (AvgIpc) is 3.15. The van der Waals surface area contributed by atoms with E-state index in [9.17, 15) is 4.79 Å². The Morgan fingerprint density at radius 1 is 1.12 bits per heavy atom. The van der Waals surface area contributed by atoms with Crippen LogP contribution in [0.5, 0.6) is 11.5 Å². The van der Waals surface area contributed by atoms with Crippen LogP contribution >= 0.6 is 24.0 Å². The first-order chi connectivity index (χ1) is 12.0. The van der Waals surface area contributed by atoms with Crippen molar-refractivity contribution in [3.05, 3.63) is 58.0 Å². The van der Waals surface area contributed by atoms with Crippen molar-refractivity contribution in [2.75, 3.05) is 11.7 Å². The van der Waals surface area contributed by atoms with Crippen molar-refractivity contribution in [1.82, 2.24) is 0 Å². The summed E-state index contributed by atoms with van der Waals surface area (Å²) in [7, 11) is 0. The molecule has 2 aromatic carbocycles. The number of benzene rings is 2. The first kappa shape index (κ1) is 16.2. The second-order valence-electron chi connectivity index (χ2n) is 5.92. The Morgan fingerprint density at radius 3 is 2.76 bits per heavy atom. The molecule has 4 nitrogen and oxygen atoms in total. The van der Waals surface area contributed by atoms with Gasteiger partial charge in [-0.25, -0.2) is 0 Å². The van der Waals surface area contributed by atoms with Crippen LogP contribution in [0, 0.1) is 13.8 Å². The number of hydrogen-bond donors (Lipinski definition) is 0. The minimum atomic E-state index is -0.0960. The Kier molecular flexibility index (Phi) is 4.01. The van der Waals surface area contributed by atoms with Crippen molar-refractivity contribution in [1.29, 1.82) is 0 Å². The standard InChI is InChI=1S/C19H15NO3S2/c1-11-3-4-12(2)14(7-11)20-18(21)17(25-19(20)24)9-13-5-6-15-16(8-13)23-10-22-15/h3-9H,10H2,1-2H3/b17-9-. The van der Waals surface area contributed by atoms with Gasteiger partial charge in [0.15, 0.2) is 15.8 Å². The Bertz CT molecular complexity index is 936. The van der Waals surface area contributed by atoms with Crippen LogP contribution in [0.1, 0.15) is 16.7 Å². The topological polar surface area (TPSA) is 38.8 Å². The van der Waals surface area contributed by atoms with Gasteiger partial charge >= 0.3 is 0 Å². The molecule has 1 saturated heterocycles. The monoisotopic (exact) mass is 369 g/mol. The number of carbonyl (C=O) groups excluding carboxylic acids is 1. The maximum Gasteiger partial charge on any atom is 0.270 e. The molecule has 6 heteroatoms. The number of thiocarbonyl (C=S) groups is 1. The zero-order valence-electron chi connectivity index (χ0n) is 13.7. The van der Waals surface area contributed by atoms with Crippen molar-refractivity contribution < 1.29 is 14.3 Å². The van der Waals surface area contributed by atoms with Crippen LogP contribution in [-0.4, -0.2) is 17.0 Å². The Balaban J connectivity index is 1.68. The molecular formula is C19H15NO3S2. The maximum absolute atomic E-state index is 12.9. The van der Waals surface area contributed by atoms with E-state index < -0.39 is 0 Å². The van der Waals surface area contributed by atoms with Crippen LogP contribution < -0.4 is 14.4 Å². The molecule has 0 radical (unpaired) electrons. The zero-order chi connectivity index (χ0) is 17.6. The van der Waals surface area contributed by atoms with Gasteiger partial charge in [-0.15, -0.1) is 0 Å². The van der Waals surface area contributed by atoms with Crippen LogP contribution in [0.4, 0.5) is 5.69 Å². The number of anilines is 1. The molecule has 126 valence electrons. The number of carbonyl (C=O) groups is 1. The molecule has 4 rings (SSSR count). The molecule has 1 amide bonds. The van der Waals surface area contributed by atoms with E-state index in [4.69, 9.17) is 21.7 Å². The predicted octanol–water partition coefficient (Wildman–Crippen LogP) is 4.44. The van der Waals surface area contributed by atoms with Gasteiger partial charge in [-0.05, 0) is 54.8 Å². The number of fused-ring (bicyclic) bond motifs is 1. The predicted molar refractivity (Wildman–Crippen MR) is 104 cm³/mol. The Morgan fingerprint density at radius 2 is 1.92 bits per heavy atom. The van der Waals surface area contributed by atoms with E-state index in [2.05, 4.69) is 0 Å². The highest BCUT2D eigenvalue weighted by Crippen LogP contribution is 2.39. The van der Waals surface area contributed by atoms with Gasteiger partial charge in [0.05, 0.1) is 10.6 Å². The molecule has 1 fully saturated rings. The number of ether oxygens (including phenoxy) is 2. The molecule has 0 unspecified atom stereocenters. The molecule has 2 heterocycles. The van der Waals surface area contributed by atoms with E-state index >= 15 is 0 Å². The summed E-state index contributed by atoms with van der Waals surface area (Å²) in [5.41, 5.74) is 3.84. The Hall–Kier alpha value is -2.31. The van der Waals surface area contributed by atoms with Crippen molar-refractivity contribution in [3.8, 4) is 11.5 Å². The lowest BCUT2D eigenvalue weighted by atomic mass is 10.1. The van der Waals surface area contributed by atoms with Crippen LogP contribution in [0.25, 0.3) is 6.08 Å². The number of aryl methyl sites for hydroxylation is 2. The zero-order valence-corrected chi connectivity index (χ0v) is 15.4. The molecule has 2 aliphatic heterocycles. The van der Waals surface area contributed by atoms with Gasteiger partial charge in [0, 0.05) is 0 Å². The average molecular weight is 369 g/mol. The first-order valence-corrected chi connectivity index (χ1v) is 9.00. The fourth-order valence-corrected chi connectivity index (χ4v) is 4.07. The summed E-state index contributed by atoms with van der Waals surface area (Å²) >= 11 is 6.77. The van der Waals surface area contributed by atoms with Gasteiger partial charge in [-0.2, -0.15) is 0 Å². The van der Waals surface area contributed by atoms with E-state index in [-0.39, 0.29) is 12.7 Å². The van der Waals surface area contributed by atoms with Crippen molar-refractivity contribution in [3.63, 3.8) is 0 Å².